The lowest BCUT2D eigenvalue weighted by Crippen LogP contribution is -2.31. The summed E-state index contributed by atoms with van der Waals surface area (Å²) in [7, 11) is 0. The number of carbonyl (C=O) groups excluding carboxylic acids is 1. The number of ether oxygens (including phenoxy) is 1. The first-order valence-electron chi connectivity index (χ1n) is 6.65. The number of rotatable bonds is 2. The Kier molecular flexibility index (Phi) is 4.43. The number of hydrazone groups is 1. The van der Waals surface area contributed by atoms with Crippen LogP contribution in [-0.2, 0) is 9.53 Å². The number of benzene rings is 1. The van der Waals surface area contributed by atoms with Gasteiger partial charge in [-0.05, 0) is 31.0 Å². The fraction of sp³-hybridized carbons (Fsp3) is 0.429. The minimum atomic E-state index is -0.334. The molecule has 1 amide bonds. The van der Waals surface area contributed by atoms with E-state index in [1.165, 1.54) is 4.90 Å². The minimum absolute atomic E-state index is 0.134. The van der Waals surface area contributed by atoms with Gasteiger partial charge in [-0.15, -0.1) is 11.8 Å². The van der Waals surface area contributed by atoms with E-state index in [9.17, 15) is 4.79 Å². The van der Waals surface area contributed by atoms with Gasteiger partial charge >= 0.3 is 0 Å². The van der Waals surface area contributed by atoms with Crippen molar-refractivity contribution in [3.63, 3.8) is 0 Å². The van der Waals surface area contributed by atoms with Crippen LogP contribution in [0.5, 0.6) is 0 Å². The van der Waals surface area contributed by atoms with Crippen molar-refractivity contribution in [3.8, 4) is 0 Å². The Hall–Kier alpha value is -0.850. The lowest BCUT2D eigenvalue weighted by atomic mass is 10.1. The van der Waals surface area contributed by atoms with E-state index in [1.54, 1.807) is 0 Å². The molecule has 0 radical (unpaired) electrons. The first kappa shape index (κ1) is 14.1. The number of nitrogens with zero attached hydrogens (tertiary/aromatic N) is 1. The minimum Gasteiger partial charge on any atom is -0.368 e. The number of nitrogens with one attached hydrogen (secondary N) is 1. The molecule has 1 fully saturated rings. The number of hydrogen-bond acceptors (Lipinski definition) is 4. The Morgan fingerprint density at radius 1 is 1.50 bits per heavy atom. The first-order valence-corrected chi connectivity index (χ1v) is 8.42. The Labute approximate surface area is 130 Å². The highest BCUT2D eigenvalue weighted by Gasteiger charge is 2.24. The van der Waals surface area contributed by atoms with Gasteiger partial charge in [0.05, 0.1) is 5.71 Å². The summed E-state index contributed by atoms with van der Waals surface area (Å²) in [5.74, 6) is 0.855. The largest absolute Gasteiger partial charge is 0.368 e. The average Bonchev–Trinajstić information content (AvgIpc) is 2.99. The van der Waals surface area contributed by atoms with Gasteiger partial charge in [0.15, 0.2) is 0 Å². The van der Waals surface area contributed by atoms with Crippen molar-refractivity contribution in [2.24, 2.45) is 5.10 Å². The Morgan fingerprint density at radius 3 is 3.20 bits per heavy atom. The number of carbonyl (C=O) groups is 1. The molecule has 1 atom stereocenters. The van der Waals surface area contributed by atoms with Gasteiger partial charge in [0, 0.05) is 33.7 Å². The van der Waals surface area contributed by atoms with E-state index in [0.717, 1.165) is 40.8 Å². The molecule has 0 saturated carbocycles. The van der Waals surface area contributed by atoms with Crippen LogP contribution in [0.3, 0.4) is 0 Å². The lowest BCUT2D eigenvalue weighted by Gasteiger charge is -2.18. The van der Waals surface area contributed by atoms with Crippen LogP contribution in [0.1, 0.15) is 24.8 Å². The smallest absolute Gasteiger partial charge is 0.269 e. The van der Waals surface area contributed by atoms with Gasteiger partial charge in [0.25, 0.3) is 5.91 Å². The predicted octanol–water partition coefficient (Wildman–Crippen LogP) is 2.94. The second-order valence-corrected chi connectivity index (χ2v) is 6.83. The standard InChI is InChI=1S/C14H15BrN2O2S/c15-9-3-4-13-10(8-9)11(5-7-20-13)16-17-14(18)12-2-1-6-19-12/h3-4,8,12H,1-2,5-7H2,(H,17,18)/b16-11+. The third kappa shape index (κ3) is 3.07. The molecule has 1 saturated heterocycles. The maximum Gasteiger partial charge on any atom is 0.269 e. The molecule has 1 aromatic carbocycles. The number of hydrogen-bond donors (Lipinski definition) is 1. The molecule has 0 aromatic heterocycles. The summed E-state index contributed by atoms with van der Waals surface area (Å²) in [4.78, 5) is 13.1. The highest BCUT2D eigenvalue weighted by molar-refractivity contribution is 9.10. The molecule has 0 bridgehead atoms. The number of halogens is 1. The summed E-state index contributed by atoms with van der Waals surface area (Å²) in [6, 6.07) is 6.17. The summed E-state index contributed by atoms with van der Waals surface area (Å²) in [5, 5.41) is 4.31. The van der Waals surface area contributed by atoms with E-state index in [-0.39, 0.29) is 12.0 Å². The summed E-state index contributed by atoms with van der Waals surface area (Å²) >= 11 is 5.30. The predicted molar refractivity (Wildman–Crippen MR) is 83.1 cm³/mol. The zero-order chi connectivity index (χ0) is 13.9. The van der Waals surface area contributed by atoms with Crippen molar-refractivity contribution in [1.29, 1.82) is 0 Å². The molecule has 0 spiro atoms. The van der Waals surface area contributed by atoms with Gasteiger partial charge in [0.2, 0.25) is 0 Å². The Balaban J connectivity index is 1.76. The normalized spacial score (nSPS) is 23.6. The molecule has 1 N–H and O–H groups in total. The van der Waals surface area contributed by atoms with E-state index in [0.29, 0.717) is 6.61 Å². The molecule has 2 aliphatic rings. The van der Waals surface area contributed by atoms with Gasteiger partial charge in [-0.1, -0.05) is 15.9 Å². The highest BCUT2D eigenvalue weighted by Crippen LogP contribution is 2.32. The SMILES string of the molecule is O=C(N/N=C1\CCSc2ccc(Br)cc21)C1CCCO1. The summed E-state index contributed by atoms with van der Waals surface area (Å²) in [6.45, 7) is 0.668. The second kappa shape index (κ2) is 6.28. The molecule has 0 aliphatic carbocycles. The van der Waals surface area contributed by atoms with Crippen LogP contribution in [0.4, 0.5) is 0 Å². The van der Waals surface area contributed by atoms with Crippen LogP contribution in [-0.4, -0.2) is 30.1 Å². The lowest BCUT2D eigenvalue weighted by molar-refractivity contribution is -0.130. The van der Waals surface area contributed by atoms with Crippen molar-refractivity contribution in [2.75, 3.05) is 12.4 Å². The van der Waals surface area contributed by atoms with Crippen molar-refractivity contribution in [3.05, 3.63) is 28.2 Å². The van der Waals surface area contributed by atoms with Crippen LogP contribution in [0, 0.1) is 0 Å². The van der Waals surface area contributed by atoms with Crippen LogP contribution < -0.4 is 5.43 Å². The van der Waals surface area contributed by atoms with Gasteiger partial charge in [0.1, 0.15) is 6.10 Å². The molecule has 106 valence electrons. The zero-order valence-corrected chi connectivity index (χ0v) is 13.3. The Morgan fingerprint density at radius 2 is 2.40 bits per heavy atom. The van der Waals surface area contributed by atoms with E-state index in [1.807, 2.05) is 17.8 Å². The maximum absolute atomic E-state index is 11.9. The molecular weight excluding hydrogens is 340 g/mol. The van der Waals surface area contributed by atoms with Crippen LogP contribution in [0.2, 0.25) is 0 Å². The van der Waals surface area contributed by atoms with Crippen LogP contribution in [0.15, 0.2) is 32.7 Å². The summed E-state index contributed by atoms with van der Waals surface area (Å²) in [6.07, 6.45) is 2.26. The summed E-state index contributed by atoms with van der Waals surface area (Å²) in [5.41, 5.74) is 4.69. The number of fused-ring (bicyclic) bond motifs is 1. The van der Waals surface area contributed by atoms with Gasteiger partial charge in [-0.3, -0.25) is 4.79 Å². The molecule has 20 heavy (non-hydrogen) atoms. The molecular formula is C14H15BrN2O2S. The molecule has 6 heteroatoms. The summed E-state index contributed by atoms with van der Waals surface area (Å²) < 4.78 is 6.38. The van der Waals surface area contributed by atoms with E-state index < -0.39 is 0 Å². The number of amides is 1. The van der Waals surface area contributed by atoms with Crippen molar-refractivity contribution in [1.82, 2.24) is 5.43 Å². The highest BCUT2D eigenvalue weighted by atomic mass is 79.9. The first-order chi connectivity index (χ1) is 9.74. The van der Waals surface area contributed by atoms with Crippen molar-refractivity contribution in [2.45, 2.75) is 30.3 Å². The molecule has 1 aromatic rings. The van der Waals surface area contributed by atoms with Crippen LogP contribution >= 0.6 is 27.7 Å². The quantitative estimate of drug-likeness (QED) is 0.830. The molecule has 1 unspecified atom stereocenters. The third-order valence-corrected chi connectivity index (χ3v) is 4.94. The van der Waals surface area contributed by atoms with Crippen molar-refractivity contribution >= 4 is 39.3 Å². The molecule has 3 rings (SSSR count). The van der Waals surface area contributed by atoms with Gasteiger partial charge < -0.3 is 4.74 Å². The molecule has 2 heterocycles. The zero-order valence-electron chi connectivity index (χ0n) is 10.9. The van der Waals surface area contributed by atoms with E-state index >= 15 is 0 Å². The molecule has 2 aliphatic heterocycles. The maximum atomic E-state index is 11.9. The fourth-order valence-corrected chi connectivity index (χ4v) is 3.71. The van der Waals surface area contributed by atoms with E-state index in [2.05, 4.69) is 38.6 Å². The van der Waals surface area contributed by atoms with E-state index in [4.69, 9.17) is 4.74 Å². The van der Waals surface area contributed by atoms with Gasteiger partial charge in [-0.25, -0.2) is 5.43 Å². The number of thioether (sulfide) groups is 1. The fourth-order valence-electron chi connectivity index (χ4n) is 2.34. The van der Waals surface area contributed by atoms with Crippen molar-refractivity contribution < 1.29 is 9.53 Å². The van der Waals surface area contributed by atoms with Gasteiger partial charge in [-0.2, -0.15) is 5.10 Å². The van der Waals surface area contributed by atoms with Crippen LogP contribution in [0.25, 0.3) is 0 Å². The second-order valence-electron chi connectivity index (χ2n) is 4.78. The molecule has 4 nitrogen and oxygen atoms in total. The average molecular weight is 355 g/mol. The monoisotopic (exact) mass is 354 g/mol. The topological polar surface area (TPSA) is 50.7 Å². The Bertz CT molecular complexity index is 556. The third-order valence-electron chi connectivity index (χ3n) is 3.37.